The summed E-state index contributed by atoms with van der Waals surface area (Å²) in [5.74, 6) is -0.664. The van der Waals surface area contributed by atoms with Crippen molar-refractivity contribution in [2.24, 2.45) is 5.92 Å². The van der Waals surface area contributed by atoms with Gasteiger partial charge in [0.1, 0.15) is 0 Å². The van der Waals surface area contributed by atoms with Crippen molar-refractivity contribution in [3.63, 3.8) is 0 Å². The van der Waals surface area contributed by atoms with Crippen molar-refractivity contribution < 1.29 is 14.4 Å². The standard InChI is InChI=1S/C19H23N3O3S2/c1-3-14-12(2)11-16(27-14)18(24)21-20-17(23)13-6-8-22(9-7-13)19(25)15-5-4-10-26-15/h4-5,10-11,13H,3,6-9H2,1-2H3,(H,20,23)(H,21,24). The molecule has 0 radical (unpaired) electrons. The lowest BCUT2D eigenvalue weighted by Gasteiger charge is -2.31. The third-order valence-corrected chi connectivity index (χ3v) is 6.99. The Hall–Kier alpha value is -2.19. The average molecular weight is 406 g/mol. The predicted molar refractivity (Wildman–Crippen MR) is 107 cm³/mol. The van der Waals surface area contributed by atoms with Gasteiger partial charge < -0.3 is 4.90 Å². The van der Waals surface area contributed by atoms with Gasteiger partial charge in [-0.25, -0.2) is 0 Å². The maximum atomic E-state index is 12.3. The van der Waals surface area contributed by atoms with Crippen molar-refractivity contribution in [3.8, 4) is 0 Å². The van der Waals surface area contributed by atoms with E-state index in [1.165, 1.54) is 27.6 Å². The molecule has 2 N–H and O–H groups in total. The third kappa shape index (κ3) is 4.56. The molecule has 0 atom stereocenters. The number of thiophene rings is 2. The van der Waals surface area contributed by atoms with Gasteiger partial charge in [0, 0.05) is 23.9 Å². The molecule has 3 amide bonds. The molecule has 1 saturated heterocycles. The molecular formula is C19H23N3O3S2. The van der Waals surface area contributed by atoms with Crippen molar-refractivity contribution in [3.05, 3.63) is 43.8 Å². The number of rotatable bonds is 4. The molecule has 1 aliphatic rings. The first kappa shape index (κ1) is 19.6. The van der Waals surface area contributed by atoms with Crippen LogP contribution < -0.4 is 10.9 Å². The molecule has 0 aromatic carbocycles. The van der Waals surface area contributed by atoms with E-state index in [2.05, 4.69) is 17.8 Å². The quantitative estimate of drug-likeness (QED) is 0.768. The van der Waals surface area contributed by atoms with Crippen LogP contribution in [0.2, 0.25) is 0 Å². The van der Waals surface area contributed by atoms with E-state index < -0.39 is 0 Å². The smallest absolute Gasteiger partial charge is 0.279 e. The fourth-order valence-corrected chi connectivity index (χ4v) is 4.87. The van der Waals surface area contributed by atoms with Gasteiger partial charge in [-0.2, -0.15) is 0 Å². The van der Waals surface area contributed by atoms with Gasteiger partial charge >= 0.3 is 0 Å². The number of aryl methyl sites for hydroxylation is 2. The van der Waals surface area contributed by atoms with Crippen molar-refractivity contribution in [1.82, 2.24) is 15.8 Å². The predicted octanol–water partition coefficient (Wildman–Crippen LogP) is 2.99. The molecule has 27 heavy (non-hydrogen) atoms. The normalized spacial score (nSPS) is 14.8. The average Bonchev–Trinajstić information content (AvgIpc) is 3.35. The molecule has 2 aromatic rings. The number of piperidine rings is 1. The van der Waals surface area contributed by atoms with Gasteiger partial charge in [-0.3, -0.25) is 25.2 Å². The molecule has 2 aromatic heterocycles. The minimum Gasteiger partial charge on any atom is -0.338 e. The van der Waals surface area contributed by atoms with Gasteiger partial charge in [0.25, 0.3) is 11.8 Å². The summed E-state index contributed by atoms with van der Waals surface area (Å²) in [6.07, 6.45) is 2.08. The fourth-order valence-electron chi connectivity index (χ4n) is 3.17. The highest BCUT2D eigenvalue weighted by Gasteiger charge is 2.28. The van der Waals surface area contributed by atoms with Crippen molar-refractivity contribution in [2.45, 2.75) is 33.1 Å². The molecule has 1 aliphatic heterocycles. The largest absolute Gasteiger partial charge is 0.338 e. The Bertz CT molecular complexity index is 821. The Morgan fingerprint density at radius 2 is 1.93 bits per heavy atom. The van der Waals surface area contributed by atoms with E-state index in [0.717, 1.165) is 16.9 Å². The first-order valence-electron chi connectivity index (χ1n) is 9.02. The monoisotopic (exact) mass is 405 g/mol. The Kier molecular flexibility index (Phi) is 6.28. The van der Waals surface area contributed by atoms with Gasteiger partial charge in [-0.15, -0.1) is 22.7 Å². The van der Waals surface area contributed by atoms with E-state index in [1.807, 2.05) is 30.5 Å². The van der Waals surface area contributed by atoms with E-state index in [-0.39, 0.29) is 23.6 Å². The first-order valence-corrected chi connectivity index (χ1v) is 10.7. The van der Waals surface area contributed by atoms with Gasteiger partial charge in [-0.1, -0.05) is 13.0 Å². The maximum absolute atomic E-state index is 12.3. The number of nitrogens with zero attached hydrogens (tertiary/aromatic N) is 1. The van der Waals surface area contributed by atoms with Crippen LogP contribution in [0.4, 0.5) is 0 Å². The van der Waals surface area contributed by atoms with E-state index >= 15 is 0 Å². The molecule has 0 spiro atoms. The first-order chi connectivity index (χ1) is 13.0. The Morgan fingerprint density at radius 3 is 2.52 bits per heavy atom. The number of nitrogens with one attached hydrogen (secondary N) is 2. The van der Waals surface area contributed by atoms with E-state index in [1.54, 1.807) is 4.90 Å². The maximum Gasteiger partial charge on any atom is 0.279 e. The van der Waals surface area contributed by atoms with Crippen LogP contribution in [0.3, 0.4) is 0 Å². The lowest BCUT2D eigenvalue weighted by molar-refractivity contribution is -0.127. The van der Waals surface area contributed by atoms with Crippen LogP contribution in [0.15, 0.2) is 23.6 Å². The van der Waals surface area contributed by atoms with Crippen LogP contribution in [0.1, 0.15) is 49.5 Å². The number of carbonyl (C=O) groups is 3. The van der Waals surface area contributed by atoms with Gasteiger partial charge in [0.2, 0.25) is 5.91 Å². The van der Waals surface area contributed by atoms with E-state index in [9.17, 15) is 14.4 Å². The fraction of sp³-hybridized carbons (Fsp3) is 0.421. The highest BCUT2D eigenvalue weighted by molar-refractivity contribution is 7.14. The molecule has 3 rings (SSSR count). The van der Waals surface area contributed by atoms with Crippen molar-refractivity contribution in [2.75, 3.05) is 13.1 Å². The summed E-state index contributed by atoms with van der Waals surface area (Å²) >= 11 is 2.88. The molecule has 1 fully saturated rings. The van der Waals surface area contributed by atoms with Gasteiger partial charge in [-0.05, 0) is 49.3 Å². The SMILES string of the molecule is CCc1sc(C(=O)NNC(=O)C2CCN(C(=O)c3cccs3)CC2)cc1C. The lowest BCUT2D eigenvalue weighted by Crippen LogP contribution is -2.48. The molecule has 8 heteroatoms. The second kappa shape index (κ2) is 8.67. The Labute approximate surface area is 166 Å². The van der Waals surface area contributed by atoms with Crippen LogP contribution in [0.5, 0.6) is 0 Å². The summed E-state index contributed by atoms with van der Waals surface area (Å²) in [5, 5.41) is 1.88. The van der Waals surface area contributed by atoms with Crippen LogP contribution in [-0.4, -0.2) is 35.7 Å². The summed E-state index contributed by atoms with van der Waals surface area (Å²) in [6.45, 7) is 5.13. The molecule has 144 valence electrons. The zero-order valence-corrected chi connectivity index (χ0v) is 17.0. The molecule has 0 aliphatic carbocycles. The number of hydrogen-bond donors (Lipinski definition) is 2. The van der Waals surface area contributed by atoms with Crippen LogP contribution in [-0.2, 0) is 11.2 Å². The topological polar surface area (TPSA) is 78.5 Å². The molecule has 0 saturated carbocycles. The lowest BCUT2D eigenvalue weighted by atomic mass is 9.96. The summed E-state index contributed by atoms with van der Waals surface area (Å²) < 4.78 is 0. The molecule has 0 bridgehead atoms. The van der Waals surface area contributed by atoms with Crippen molar-refractivity contribution >= 4 is 40.4 Å². The van der Waals surface area contributed by atoms with E-state index in [0.29, 0.717) is 30.8 Å². The number of hydrazine groups is 1. The zero-order valence-electron chi connectivity index (χ0n) is 15.4. The highest BCUT2D eigenvalue weighted by atomic mass is 32.1. The van der Waals surface area contributed by atoms with Crippen LogP contribution in [0.25, 0.3) is 0 Å². The summed E-state index contributed by atoms with van der Waals surface area (Å²) in [4.78, 5) is 41.2. The summed E-state index contributed by atoms with van der Waals surface area (Å²) in [5.41, 5.74) is 6.14. The Balaban J connectivity index is 1.46. The number of likely N-dealkylation sites (tertiary alicyclic amines) is 1. The number of amides is 3. The molecule has 3 heterocycles. The second-order valence-electron chi connectivity index (χ2n) is 6.56. The van der Waals surface area contributed by atoms with Gasteiger partial charge in [0.05, 0.1) is 9.75 Å². The van der Waals surface area contributed by atoms with Crippen LogP contribution in [0, 0.1) is 12.8 Å². The third-order valence-electron chi connectivity index (χ3n) is 4.75. The van der Waals surface area contributed by atoms with E-state index in [4.69, 9.17) is 0 Å². The summed E-state index contributed by atoms with van der Waals surface area (Å²) in [6, 6.07) is 5.52. The second-order valence-corrected chi connectivity index (χ2v) is 8.64. The van der Waals surface area contributed by atoms with Crippen LogP contribution >= 0.6 is 22.7 Å². The minimum absolute atomic E-state index is 0.0250. The Morgan fingerprint density at radius 1 is 1.19 bits per heavy atom. The molecule has 6 nitrogen and oxygen atoms in total. The molecule has 0 unspecified atom stereocenters. The number of hydrogen-bond acceptors (Lipinski definition) is 5. The zero-order chi connectivity index (χ0) is 19.4. The van der Waals surface area contributed by atoms with Gasteiger partial charge in [0.15, 0.2) is 0 Å². The molecular weight excluding hydrogens is 382 g/mol. The number of carbonyl (C=O) groups excluding carboxylic acids is 3. The summed E-state index contributed by atoms with van der Waals surface area (Å²) in [7, 11) is 0. The highest BCUT2D eigenvalue weighted by Crippen LogP contribution is 2.23. The minimum atomic E-state index is -0.290. The van der Waals surface area contributed by atoms with Crippen molar-refractivity contribution in [1.29, 1.82) is 0 Å².